The second kappa shape index (κ2) is 14.8. The molecule has 0 saturated carbocycles. The van der Waals surface area contributed by atoms with Crippen molar-refractivity contribution in [1.82, 2.24) is 0 Å². The third-order valence-corrected chi connectivity index (χ3v) is 13.8. The number of benzene rings is 11. The van der Waals surface area contributed by atoms with Gasteiger partial charge in [0.15, 0.2) is 0 Å². The summed E-state index contributed by atoms with van der Waals surface area (Å²) in [6, 6.07) is 90.7. The minimum Gasteiger partial charge on any atom is -0.455 e. The number of anilines is 3. The predicted molar refractivity (Wildman–Crippen MR) is 272 cm³/mol. The van der Waals surface area contributed by atoms with E-state index in [-0.39, 0.29) is 0 Å². The van der Waals surface area contributed by atoms with Crippen LogP contribution in [0.1, 0.15) is 22.3 Å². The van der Waals surface area contributed by atoms with Gasteiger partial charge in [-0.05, 0) is 97.1 Å². The third-order valence-electron chi connectivity index (χ3n) is 13.8. The van der Waals surface area contributed by atoms with E-state index in [0.29, 0.717) is 0 Å². The van der Waals surface area contributed by atoms with Crippen LogP contribution in [0.3, 0.4) is 0 Å². The minimum atomic E-state index is -0.519. The first-order valence-corrected chi connectivity index (χ1v) is 22.4. The van der Waals surface area contributed by atoms with Crippen molar-refractivity contribution >= 4 is 60.5 Å². The van der Waals surface area contributed by atoms with Crippen LogP contribution >= 0.6 is 0 Å². The molecule has 1 aliphatic rings. The lowest BCUT2D eigenvalue weighted by Gasteiger charge is -2.34. The van der Waals surface area contributed by atoms with E-state index in [9.17, 15) is 0 Å². The lowest BCUT2D eigenvalue weighted by atomic mass is 9.68. The highest BCUT2D eigenvalue weighted by Gasteiger charge is 2.47. The van der Waals surface area contributed by atoms with Crippen LogP contribution < -0.4 is 4.90 Å². The summed E-state index contributed by atoms with van der Waals surface area (Å²) in [5, 5.41) is 7.05. The van der Waals surface area contributed by atoms with Gasteiger partial charge < -0.3 is 9.32 Å². The molecule has 1 aliphatic carbocycles. The number of para-hydroxylation sites is 1. The Balaban J connectivity index is 1.01. The summed E-state index contributed by atoms with van der Waals surface area (Å²) in [7, 11) is 0. The van der Waals surface area contributed by atoms with Crippen molar-refractivity contribution in [1.29, 1.82) is 0 Å². The highest BCUT2D eigenvalue weighted by Crippen LogP contribution is 2.59. The fraction of sp³-hybridized carbons (Fsp3) is 0.0159. The molecular weight excluding hydrogens is 787 g/mol. The molecule has 1 heterocycles. The van der Waals surface area contributed by atoms with Crippen molar-refractivity contribution in [2.75, 3.05) is 4.90 Å². The molecule has 2 nitrogen and oxygen atoms in total. The molecule has 0 fully saturated rings. The van der Waals surface area contributed by atoms with E-state index in [4.69, 9.17) is 4.42 Å². The van der Waals surface area contributed by atoms with E-state index < -0.39 is 5.41 Å². The Morgan fingerprint density at radius 3 is 1.52 bits per heavy atom. The lowest BCUT2D eigenvalue weighted by molar-refractivity contribution is 0.674. The van der Waals surface area contributed by atoms with Crippen molar-refractivity contribution in [2.45, 2.75) is 5.41 Å². The molecule has 0 amide bonds. The number of nitrogens with zero attached hydrogens (tertiary/aromatic N) is 1. The highest BCUT2D eigenvalue weighted by molar-refractivity contribution is 6.17. The number of fused-ring (bicyclic) bond motifs is 9. The Kier molecular flexibility index (Phi) is 8.47. The zero-order valence-corrected chi connectivity index (χ0v) is 35.5. The second-order valence-corrected chi connectivity index (χ2v) is 17.1. The topological polar surface area (TPSA) is 16.4 Å². The first-order chi connectivity index (χ1) is 32.3. The minimum absolute atomic E-state index is 0.519. The molecule has 12 aromatic rings. The molecule has 11 aromatic carbocycles. The highest BCUT2D eigenvalue weighted by atomic mass is 16.3. The Labute approximate surface area is 377 Å². The monoisotopic (exact) mass is 827 g/mol. The first kappa shape index (κ1) is 37.1. The molecule has 0 saturated heterocycles. The van der Waals surface area contributed by atoms with E-state index in [0.717, 1.165) is 55.5 Å². The molecule has 0 radical (unpaired) electrons. The van der Waals surface area contributed by atoms with Gasteiger partial charge >= 0.3 is 0 Å². The Bertz CT molecular complexity index is 3710. The summed E-state index contributed by atoms with van der Waals surface area (Å²) < 4.78 is 6.81. The number of furan rings is 1. The van der Waals surface area contributed by atoms with Gasteiger partial charge in [-0.3, -0.25) is 0 Å². The van der Waals surface area contributed by atoms with E-state index in [1.54, 1.807) is 0 Å². The largest absolute Gasteiger partial charge is 0.455 e. The van der Waals surface area contributed by atoms with Crippen LogP contribution in [0.15, 0.2) is 253 Å². The fourth-order valence-electron chi connectivity index (χ4n) is 10.9. The zero-order valence-electron chi connectivity index (χ0n) is 35.5. The van der Waals surface area contributed by atoms with Crippen LogP contribution in [0.4, 0.5) is 17.1 Å². The quantitative estimate of drug-likeness (QED) is 0.159. The van der Waals surface area contributed by atoms with Gasteiger partial charge in [0.05, 0.1) is 11.1 Å². The predicted octanol–water partition coefficient (Wildman–Crippen LogP) is 17.1. The maximum atomic E-state index is 6.81. The summed E-state index contributed by atoms with van der Waals surface area (Å²) in [4.78, 5) is 2.45. The van der Waals surface area contributed by atoms with Gasteiger partial charge in [0, 0.05) is 38.7 Å². The van der Waals surface area contributed by atoms with Gasteiger partial charge in [-0.2, -0.15) is 0 Å². The van der Waals surface area contributed by atoms with Crippen LogP contribution in [0.5, 0.6) is 0 Å². The SMILES string of the molecule is c1ccc(C2(c3ccccc3)c3ccccc3-c3c(N(c4ccc(-c5cccc6ccccc56)cc4)c4ccc(-c5cccc6c5oc5c7ccccc7ccc65)cc4)cccc32)cc1. The summed E-state index contributed by atoms with van der Waals surface area (Å²) in [5.74, 6) is 0. The Hall–Kier alpha value is -8.46. The Morgan fingerprint density at radius 1 is 0.308 bits per heavy atom. The molecule has 13 rings (SSSR count). The molecule has 0 spiro atoms. The number of hydrogen-bond acceptors (Lipinski definition) is 2. The average Bonchev–Trinajstić information content (AvgIpc) is 3.92. The Morgan fingerprint density at radius 2 is 0.800 bits per heavy atom. The smallest absolute Gasteiger partial charge is 0.143 e. The molecular formula is C63H41NO. The van der Waals surface area contributed by atoms with E-state index in [2.05, 4.69) is 254 Å². The number of rotatable bonds is 7. The molecule has 0 N–H and O–H groups in total. The van der Waals surface area contributed by atoms with Gasteiger partial charge in [-0.25, -0.2) is 0 Å². The maximum Gasteiger partial charge on any atom is 0.143 e. The van der Waals surface area contributed by atoms with Crippen molar-refractivity contribution in [3.8, 4) is 33.4 Å². The van der Waals surface area contributed by atoms with Gasteiger partial charge in [-0.1, -0.05) is 212 Å². The summed E-state index contributed by atoms with van der Waals surface area (Å²) in [6.07, 6.45) is 0. The van der Waals surface area contributed by atoms with E-state index in [1.807, 2.05) is 0 Å². The summed E-state index contributed by atoms with van der Waals surface area (Å²) in [5.41, 5.74) is 16.7. The second-order valence-electron chi connectivity index (χ2n) is 17.1. The van der Waals surface area contributed by atoms with Gasteiger partial charge in [0.2, 0.25) is 0 Å². The van der Waals surface area contributed by atoms with Crippen LogP contribution in [0.25, 0.3) is 76.9 Å². The van der Waals surface area contributed by atoms with Gasteiger partial charge in [-0.15, -0.1) is 0 Å². The molecule has 0 unspecified atom stereocenters. The van der Waals surface area contributed by atoms with Crippen molar-refractivity contribution in [2.24, 2.45) is 0 Å². The van der Waals surface area contributed by atoms with Gasteiger partial charge in [0.25, 0.3) is 0 Å². The van der Waals surface area contributed by atoms with Crippen molar-refractivity contribution in [3.63, 3.8) is 0 Å². The number of hydrogen-bond donors (Lipinski definition) is 0. The zero-order chi connectivity index (χ0) is 42.9. The van der Waals surface area contributed by atoms with Crippen molar-refractivity contribution < 1.29 is 4.42 Å². The van der Waals surface area contributed by atoms with Crippen molar-refractivity contribution in [3.05, 3.63) is 271 Å². The van der Waals surface area contributed by atoms with E-state index >= 15 is 0 Å². The molecule has 304 valence electrons. The van der Waals surface area contributed by atoms with Crippen LogP contribution in [0.2, 0.25) is 0 Å². The lowest BCUT2D eigenvalue weighted by Crippen LogP contribution is -2.28. The van der Waals surface area contributed by atoms with Crippen LogP contribution in [-0.2, 0) is 5.41 Å². The third kappa shape index (κ3) is 5.67. The molecule has 65 heavy (non-hydrogen) atoms. The summed E-state index contributed by atoms with van der Waals surface area (Å²) in [6.45, 7) is 0. The first-order valence-electron chi connectivity index (χ1n) is 22.4. The molecule has 0 atom stereocenters. The maximum absolute atomic E-state index is 6.81. The van der Waals surface area contributed by atoms with Gasteiger partial charge in [0.1, 0.15) is 11.2 Å². The molecule has 1 aromatic heterocycles. The summed E-state index contributed by atoms with van der Waals surface area (Å²) >= 11 is 0. The van der Waals surface area contributed by atoms with Crippen LogP contribution in [-0.4, -0.2) is 0 Å². The molecule has 0 aliphatic heterocycles. The molecule has 0 bridgehead atoms. The average molecular weight is 828 g/mol. The van der Waals surface area contributed by atoms with Crippen LogP contribution in [0, 0.1) is 0 Å². The standard InChI is InChI=1S/C63H41NO/c1-3-19-46(20-4-1)63(47-21-5-2-6-22-47)57-29-12-11-25-56(57)60-58(63)30-15-31-59(60)64(48-37-32-44(33-38-48)51-26-13-18-42-16-7-9-23-50(42)51)49-39-34-45(35-40-49)53-27-14-28-54-55-41-36-43-17-8-10-24-52(43)62(55)65-61(53)54/h1-41H. The fourth-order valence-corrected chi connectivity index (χ4v) is 10.9. The molecule has 2 heteroatoms. The van der Waals surface area contributed by atoms with E-state index in [1.165, 1.54) is 60.7 Å². The normalized spacial score (nSPS) is 12.7.